The monoisotopic (exact) mass is 977 g/mol. The average Bonchev–Trinajstić information content (AvgIpc) is 3.32. The number of carbonyl (C=O) groups excluding carboxylic acids is 3. The number of rotatable bonds is 49. The molecule has 0 fully saturated rings. The van der Waals surface area contributed by atoms with E-state index in [-0.39, 0.29) is 25.9 Å². The number of phosphoric acid groups is 1. The van der Waals surface area contributed by atoms with Gasteiger partial charge < -0.3 is 24.2 Å². The van der Waals surface area contributed by atoms with Crippen molar-refractivity contribution in [2.24, 2.45) is 0 Å². The summed E-state index contributed by atoms with van der Waals surface area (Å²) in [5.74, 6) is -1.55. The number of carbonyl (C=O) groups is 3. The minimum atomic E-state index is -4.75. The molecular formula is C56H97O11P. The van der Waals surface area contributed by atoms with Crippen molar-refractivity contribution in [1.29, 1.82) is 0 Å². The molecular weight excluding hydrogens is 880 g/mol. The molecule has 0 aromatic carbocycles. The molecule has 0 radical (unpaired) electrons. The van der Waals surface area contributed by atoms with E-state index < -0.39 is 57.8 Å². The molecule has 0 spiro atoms. The van der Waals surface area contributed by atoms with E-state index in [1.165, 1.54) is 70.6 Å². The van der Waals surface area contributed by atoms with E-state index in [0.717, 1.165) is 89.9 Å². The van der Waals surface area contributed by atoms with Gasteiger partial charge in [0.25, 0.3) is 0 Å². The first kappa shape index (κ1) is 64.9. The van der Waals surface area contributed by atoms with Gasteiger partial charge in [0.05, 0.1) is 19.8 Å². The van der Waals surface area contributed by atoms with Crippen LogP contribution in [-0.2, 0) is 42.2 Å². The van der Waals surface area contributed by atoms with Crippen molar-refractivity contribution in [3.8, 4) is 0 Å². The average molecular weight is 977 g/mol. The number of unbranched alkanes of at least 4 members (excludes halogenated alkanes) is 20. The van der Waals surface area contributed by atoms with Crippen LogP contribution >= 0.6 is 7.82 Å². The van der Waals surface area contributed by atoms with Crippen molar-refractivity contribution < 1.29 is 52.2 Å². The van der Waals surface area contributed by atoms with Crippen molar-refractivity contribution >= 4 is 25.7 Å². The van der Waals surface area contributed by atoms with E-state index in [9.17, 15) is 28.9 Å². The summed E-state index contributed by atoms with van der Waals surface area (Å²) in [6.45, 7) is 4.42. The number of phosphoric ester groups is 1. The maximum atomic E-state index is 12.8. The molecule has 0 heterocycles. The molecule has 2 N–H and O–H groups in total. The van der Waals surface area contributed by atoms with Gasteiger partial charge in [-0.3, -0.25) is 23.4 Å². The molecule has 0 bridgehead atoms. The largest absolute Gasteiger partial charge is 0.472 e. The van der Waals surface area contributed by atoms with E-state index in [0.29, 0.717) is 25.7 Å². The van der Waals surface area contributed by atoms with Crippen molar-refractivity contribution in [2.45, 2.75) is 238 Å². The second-order valence-corrected chi connectivity index (χ2v) is 19.1. The zero-order chi connectivity index (χ0) is 49.9. The molecule has 11 nitrogen and oxygen atoms in total. The lowest BCUT2D eigenvalue weighted by atomic mass is 10.1. The van der Waals surface area contributed by atoms with Gasteiger partial charge >= 0.3 is 25.7 Å². The number of esters is 3. The van der Waals surface area contributed by atoms with Gasteiger partial charge in [0, 0.05) is 19.3 Å². The Morgan fingerprint density at radius 1 is 0.426 bits per heavy atom. The van der Waals surface area contributed by atoms with Crippen LogP contribution in [0, 0.1) is 0 Å². The summed E-state index contributed by atoms with van der Waals surface area (Å²) >= 11 is 0. The fourth-order valence-corrected chi connectivity index (χ4v) is 7.82. The molecule has 3 unspecified atom stereocenters. The van der Waals surface area contributed by atoms with Crippen LogP contribution in [0.4, 0.5) is 0 Å². The summed E-state index contributed by atoms with van der Waals surface area (Å²) in [5.41, 5.74) is 0. The fraction of sp³-hybridized carbons (Fsp3) is 0.732. The highest BCUT2D eigenvalue weighted by Gasteiger charge is 2.28. The Hall–Kier alpha value is -3.08. The van der Waals surface area contributed by atoms with E-state index in [1.54, 1.807) is 0 Å². The van der Waals surface area contributed by atoms with Gasteiger partial charge in [-0.1, -0.05) is 196 Å². The zero-order valence-electron chi connectivity index (χ0n) is 43.1. The van der Waals surface area contributed by atoms with Crippen LogP contribution in [0.2, 0.25) is 0 Å². The summed E-state index contributed by atoms with van der Waals surface area (Å²) in [7, 11) is -4.75. The Morgan fingerprint density at radius 3 is 1.24 bits per heavy atom. The zero-order valence-corrected chi connectivity index (χ0v) is 43.9. The number of ether oxygens (including phenoxy) is 3. The predicted octanol–water partition coefficient (Wildman–Crippen LogP) is 15.4. The Balaban J connectivity index is 4.84. The molecule has 0 aliphatic carbocycles. The molecule has 68 heavy (non-hydrogen) atoms. The standard InChI is InChI=1S/C56H97O11P/c1-4-7-10-13-16-19-21-23-25-26-28-29-31-34-36-39-42-45-54(58)63-49-53(67-56(60)47-44-41-38-35-32-30-27-24-22-20-17-14-11-8-5-2)51-65-68(61,62)64-50-52(48-57)66-55(59)46-43-40-37-33-18-15-12-9-6-3/h7,10,16,19,23-25,27-29,34,36,52-53,57H,4-6,8-9,11-15,17-18,20-22,26,30-33,35,37-51H2,1-3H3,(H,61,62)/b10-7-,19-16-,25-23-,27-24-,29-28-,36-34-. The van der Waals surface area contributed by atoms with Gasteiger partial charge in [-0.2, -0.15) is 0 Å². The quantitative estimate of drug-likeness (QED) is 0.0197. The molecule has 0 rings (SSSR count). The highest BCUT2D eigenvalue weighted by molar-refractivity contribution is 7.47. The highest BCUT2D eigenvalue weighted by atomic mass is 31.2. The molecule has 12 heteroatoms. The summed E-state index contributed by atoms with van der Waals surface area (Å²) in [5, 5.41) is 9.75. The van der Waals surface area contributed by atoms with Crippen molar-refractivity contribution in [1.82, 2.24) is 0 Å². The third-order valence-corrected chi connectivity index (χ3v) is 12.1. The molecule has 0 aliphatic heterocycles. The molecule has 392 valence electrons. The Labute approximate surface area is 414 Å². The van der Waals surface area contributed by atoms with Gasteiger partial charge in [0.1, 0.15) is 12.7 Å². The Bertz CT molecular complexity index is 1420. The van der Waals surface area contributed by atoms with Crippen LogP contribution in [0.1, 0.15) is 226 Å². The molecule has 0 amide bonds. The molecule has 0 aliphatic rings. The first-order valence-electron chi connectivity index (χ1n) is 26.8. The first-order chi connectivity index (χ1) is 33.2. The van der Waals surface area contributed by atoms with Gasteiger partial charge in [0.15, 0.2) is 6.10 Å². The van der Waals surface area contributed by atoms with Crippen LogP contribution in [0.25, 0.3) is 0 Å². The fourth-order valence-electron chi connectivity index (χ4n) is 7.03. The van der Waals surface area contributed by atoms with Crippen LogP contribution in [0.3, 0.4) is 0 Å². The second-order valence-electron chi connectivity index (χ2n) is 17.7. The maximum Gasteiger partial charge on any atom is 0.472 e. The first-order valence-corrected chi connectivity index (χ1v) is 28.3. The predicted molar refractivity (Wildman–Crippen MR) is 279 cm³/mol. The van der Waals surface area contributed by atoms with E-state index in [2.05, 4.69) is 87.6 Å². The SMILES string of the molecule is CC/C=C\C/C=C\C/C=C\C/C=C\C/C=C\CCCC(=O)OCC(COP(=O)(O)OCC(CO)OC(=O)CCCCCCCCCCC)OC(=O)CCCCCCC/C=C\CCCCCCCC. The van der Waals surface area contributed by atoms with Crippen LogP contribution in [0.15, 0.2) is 72.9 Å². The summed E-state index contributed by atoms with van der Waals surface area (Å²) in [6.07, 6.45) is 54.5. The Morgan fingerprint density at radius 2 is 0.779 bits per heavy atom. The van der Waals surface area contributed by atoms with Gasteiger partial charge in [-0.05, 0) is 83.5 Å². The van der Waals surface area contributed by atoms with E-state index >= 15 is 0 Å². The minimum absolute atomic E-state index is 0.145. The van der Waals surface area contributed by atoms with Crippen LogP contribution < -0.4 is 0 Å². The van der Waals surface area contributed by atoms with Crippen molar-refractivity contribution in [3.05, 3.63) is 72.9 Å². The topological polar surface area (TPSA) is 155 Å². The third kappa shape index (κ3) is 48.0. The second kappa shape index (κ2) is 50.3. The molecule has 3 atom stereocenters. The Kier molecular flexibility index (Phi) is 48.0. The van der Waals surface area contributed by atoms with Gasteiger partial charge in [-0.15, -0.1) is 0 Å². The summed E-state index contributed by atoms with van der Waals surface area (Å²) < 4.78 is 39.3. The summed E-state index contributed by atoms with van der Waals surface area (Å²) in [4.78, 5) is 48.3. The highest BCUT2D eigenvalue weighted by Crippen LogP contribution is 2.43. The summed E-state index contributed by atoms with van der Waals surface area (Å²) in [6, 6.07) is 0. The number of aliphatic hydroxyl groups excluding tert-OH is 1. The molecule has 0 aromatic rings. The lowest BCUT2D eigenvalue weighted by Gasteiger charge is -2.21. The molecule has 0 aromatic heterocycles. The number of allylic oxidation sites excluding steroid dienone is 12. The van der Waals surface area contributed by atoms with E-state index in [4.69, 9.17) is 23.3 Å². The molecule has 0 saturated heterocycles. The van der Waals surface area contributed by atoms with Crippen molar-refractivity contribution in [3.63, 3.8) is 0 Å². The maximum absolute atomic E-state index is 12.8. The lowest BCUT2D eigenvalue weighted by Crippen LogP contribution is -2.30. The molecule has 0 saturated carbocycles. The van der Waals surface area contributed by atoms with E-state index in [1.807, 2.05) is 6.08 Å². The van der Waals surface area contributed by atoms with Crippen LogP contribution in [0.5, 0.6) is 0 Å². The van der Waals surface area contributed by atoms with Gasteiger partial charge in [-0.25, -0.2) is 4.57 Å². The number of hydrogen-bond donors (Lipinski definition) is 2. The third-order valence-electron chi connectivity index (χ3n) is 11.1. The normalized spacial score (nSPS) is 14.0. The number of aliphatic hydroxyl groups is 1. The lowest BCUT2D eigenvalue weighted by molar-refractivity contribution is -0.161. The van der Waals surface area contributed by atoms with Crippen LogP contribution in [-0.4, -0.2) is 66.5 Å². The smallest absolute Gasteiger partial charge is 0.462 e. The van der Waals surface area contributed by atoms with Gasteiger partial charge in [0.2, 0.25) is 0 Å². The number of hydrogen-bond acceptors (Lipinski definition) is 10. The van der Waals surface area contributed by atoms with Crippen molar-refractivity contribution in [2.75, 3.05) is 26.4 Å². The minimum Gasteiger partial charge on any atom is -0.462 e.